The Kier molecular flexibility index (Phi) is 8.42. The van der Waals surface area contributed by atoms with E-state index >= 15 is 0 Å². The number of nitrogens with one attached hydrogen (secondary N) is 2. The number of likely N-dealkylation sites (tertiary alicyclic amines) is 1. The molecule has 0 aliphatic carbocycles. The highest BCUT2D eigenvalue weighted by atomic mass is 32.1. The highest BCUT2D eigenvalue weighted by molar-refractivity contribution is 7.11. The van der Waals surface area contributed by atoms with Crippen molar-refractivity contribution in [3.05, 3.63) is 21.9 Å². The fourth-order valence-electron chi connectivity index (χ4n) is 3.46. The van der Waals surface area contributed by atoms with Crippen LogP contribution in [0.5, 0.6) is 0 Å². The van der Waals surface area contributed by atoms with Crippen molar-refractivity contribution in [2.24, 2.45) is 4.99 Å². The van der Waals surface area contributed by atoms with Crippen LogP contribution >= 0.6 is 11.3 Å². The van der Waals surface area contributed by atoms with E-state index < -0.39 is 0 Å². The van der Waals surface area contributed by atoms with E-state index in [0.717, 1.165) is 51.3 Å². The quantitative estimate of drug-likeness (QED) is 0.512. The lowest BCUT2D eigenvalue weighted by molar-refractivity contribution is -0.129. The Balaban J connectivity index is 1.85. The molecule has 2 atom stereocenters. The molecule has 0 bridgehead atoms. The molecule has 1 fully saturated rings. The smallest absolute Gasteiger partial charge is 0.222 e. The van der Waals surface area contributed by atoms with Crippen LogP contribution < -0.4 is 10.6 Å². The molecule has 2 N–H and O–H groups in total. The van der Waals surface area contributed by atoms with Gasteiger partial charge >= 0.3 is 0 Å². The summed E-state index contributed by atoms with van der Waals surface area (Å²) < 4.78 is 0. The van der Waals surface area contributed by atoms with Crippen molar-refractivity contribution in [3.8, 4) is 0 Å². The van der Waals surface area contributed by atoms with Gasteiger partial charge in [0.15, 0.2) is 5.96 Å². The highest BCUT2D eigenvalue weighted by Gasteiger charge is 2.26. The molecule has 0 saturated carbocycles. The van der Waals surface area contributed by atoms with Crippen molar-refractivity contribution in [3.63, 3.8) is 0 Å². The van der Waals surface area contributed by atoms with Crippen molar-refractivity contribution in [1.29, 1.82) is 0 Å². The first-order valence-corrected chi connectivity index (χ1v) is 10.7. The third-order valence-corrected chi connectivity index (χ3v) is 5.81. The Hall–Kier alpha value is -1.56. The molecule has 2 rings (SSSR count). The Morgan fingerprint density at radius 1 is 1.38 bits per heavy atom. The van der Waals surface area contributed by atoms with Gasteiger partial charge < -0.3 is 15.5 Å². The van der Waals surface area contributed by atoms with E-state index in [1.54, 1.807) is 0 Å². The number of aryl methyl sites for hydroxylation is 1. The van der Waals surface area contributed by atoms with E-state index in [2.05, 4.69) is 55.4 Å². The first kappa shape index (κ1) is 20.7. The fourth-order valence-corrected chi connectivity index (χ4v) is 4.48. The van der Waals surface area contributed by atoms with E-state index in [1.165, 1.54) is 9.75 Å². The number of carbonyl (C=O) groups excluding carboxylic acids is 1. The Bertz CT molecular complexity index is 598. The molecule has 1 aromatic heterocycles. The maximum atomic E-state index is 12.0. The molecule has 5 nitrogen and oxygen atoms in total. The van der Waals surface area contributed by atoms with Gasteiger partial charge in [0, 0.05) is 54.3 Å². The zero-order valence-electron chi connectivity index (χ0n) is 16.7. The maximum Gasteiger partial charge on any atom is 0.222 e. The van der Waals surface area contributed by atoms with E-state index in [1.807, 2.05) is 11.3 Å². The third kappa shape index (κ3) is 6.31. The summed E-state index contributed by atoms with van der Waals surface area (Å²) >= 11 is 1.86. The summed E-state index contributed by atoms with van der Waals surface area (Å²) in [5, 5.41) is 6.85. The molecule has 1 amide bonds. The molecule has 1 saturated heterocycles. The number of carbonyl (C=O) groups is 1. The van der Waals surface area contributed by atoms with Gasteiger partial charge in [0.1, 0.15) is 0 Å². The van der Waals surface area contributed by atoms with Gasteiger partial charge in [0.2, 0.25) is 5.91 Å². The number of nitrogens with zero attached hydrogens (tertiary/aromatic N) is 2. The van der Waals surface area contributed by atoms with Crippen LogP contribution in [0.3, 0.4) is 0 Å². The number of hydrogen-bond donors (Lipinski definition) is 2. The van der Waals surface area contributed by atoms with Crippen molar-refractivity contribution >= 4 is 23.2 Å². The molecule has 0 spiro atoms. The van der Waals surface area contributed by atoms with Crippen LogP contribution in [0.1, 0.15) is 56.2 Å². The molecule has 146 valence electrons. The van der Waals surface area contributed by atoms with E-state index in [-0.39, 0.29) is 0 Å². The van der Waals surface area contributed by atoms with Gasteiger partial charge in [-0.25, -0.2) is 0 Å². The Labute approximate surface area is 162 Å². The predicted molar refractivity (Wildman–Crippen MR) is 111 cm³/mol. The van der Waals surface area contributed by atoms with E-state index in [9.17, 15) is 4.79 Å². The topological polar surface area (TPSA) is 56.7 Å². The van der Waals surface area contributed by atoms with Gasteiger partial charge in [-0.1, -0.05) is 6.92 Å². The van der Waals surface area contributed by atoms with Crippen molar-refractivity contribution in [1.82, 2.24) is 15.5 Å². The van der Waals surface area contributed by atoms with Crippen LogP contribution in [0.15, 0.2) is 17.1 Å². The summed E-state index contributed by atoms with van der Waals surface area (Å²) in [6, 6.07) is 5.04. The molecule has 1 aromatic rings. The van der Waals surface area contributed by atoms with Crippen LogP contribution in [-0.2, 0) is 11.2 Å². The molecule has 0 radical (unpaired) electrons. The second-order valence-corrected chi connectivity index (χ2v) is 8.44. The summed E-state index contributed by atoms with van der Waals surface area (Å²) in [6.07, 6.45) is 4.64. The van der Waals surface area contributed by atoms with Crippen molar-refractivity contribution < 1.29 is 4.79 Å². The van der Waals surface area contributed by atoms with Crippen LogP contribution in [0.4, 0.5) is 0 Å². The monoisotopic (exact) mass is 378 g/mol. The molecular weight excluding hydrogens is 344 g/mol. The number of amides is 1. The van der Waals surface area contributed by atoms with Crippen LogP contribution in [-0.4, -0.2) is 48.5 Å². The average molecular weight is 379 g/mol. The SMILES string of the molecule is CCNC(=NCCC(CC)N1CCCC1=O)NC(C)Cc1ccc(C)s1. The molecule has 2 unspecified atom stereocenters. The fraction of sp³-hybridized carbons (Fsp3) is 0.700. The second-order valence-electron chi connectivity index (χ2n) is 7.06. The summed E-state index contributed by atoms with van der Waals surface area (Å²) in [5.41, 5.74) is 0. The Morgan fingerprint density at radius 2 is 2.19 bits per heavy atom. The van der Waals surface area contributed by atoms with Crippen LogP contribution in [0.2, 0.25) is 0 Å². The number of aliphatic imine (C=N–C) groups is 1. The summed E-state index contributed by atoms with van der Waals surface area (Å²) in [4.78, 5) is 21.5. The zero-order chi connectivity index (χ0) is 18.9. The molecule has 0 aromatic carbocycles. The van der Waals surface area contributed by atoms with Crippen LogP contribution in [0.25, 0.3) is 0 Å². The molecule has 26 heavy (non-hydrogen) atoms. The largest absolute Gasteiger partial charge is 0.357 e. The number of thiophene rings is 1. The molecule has 2 heterocycles. The van der Waals surface area contributed by atoms with Gasteiger partial charge in [0.25, 0.3) is 0 Å². The minimum absolute atomic E-state index is 0.311. The molecule has 1 aliphatic heterocycles. The lowest BCUT2D eigenvalue weighted by Gasteiger charge is -2.26. The first-order chi connectivity index (χ1) is 12.5. The van der Waals surface area contributed by atoms with E-state index in [4.69, 9.17) is 4.99 Å². The summed E-state index contributed by atoms with van der Waals surface area (Å²) in [5.74, 6) is 1.18. The molecule has 1 aliphatic rings. The standard InChI is InChI=1S/C20H34N4OS/c1-5-17(24-13-7-8-19(24)25)11-12-22-20(21-6-2)23-15(3)14-18-10-9-16(4)26-18/h9-10,15,17H,5-8,11-14H2,1-4H3,(H2,21,22,23). The van der Waals surface area contributed by atoms with Crippen molar-refractivity contribution in [2.45, 2.75) is 71.9 Å². The second kappa shape index (κ2) is 10.6. The lowest BCUT2D eigenvalue weighted by Crippen LogP contribution is -2.43. The minimum atomic E-state index is 0.311. The third-order valence-electron chi connectivity index (χ3n) is 4.78. The summed E-state index contributed by atoms with van der Waals surface area (Å²) in [6.45, 7) is 11.1. The number of hydrogen-bond acceptors (Lipinski definition) is 3. The number of rotatable bonds is 9. The average Bonchev–Trinajstić information content (AvgIpc) is 3.20. The molecule has 6 heteroatoms. The van der Waals surface area contributed by atoms with Gasteiger partial charge in [-0.05, 0) is 52.2 Å². The lowest BCUT2D eigenvalue weighted by atomic mass is 10.1. The van der Waals surface area contributed by atoms with Gasteiger partial charge in [-0.2, -0.15) is 0 Å². The number of guanidine groups is 1. The van der Waals surface area contributed by atoms with Gasteiger partial charge in [-0.15, -0.1) is 11.3 Å². The molecular formula is C20H34N4OS. The first-order valence-electron chi connectivity index (χ1n) is 9.93. The minimum Gasteiger partial charge on any atom is -0.357 e. The van der Waals surface area contributed by atoms with Gasteiger partial charge in [-0.3, -0.25) is 9.79 Å². The highest BCUT2D eigenvalue weighted by Crippen LogP contribution is 2.18. The predicted octanol–water partition coefficient (Wildman–Crippen LogP) is 3.33. The summed E-state index contributed by atoms with van der Waals surface area (Å²) in [7, 11) is 0. The van der Waals surface area contributed by atoms with Gasteiger partial charge in [0.05, 0.1) is 0 Å². The Morgan fingerprint density at radius 3 is 2.77 bits per heavy atom. The van der Waals surface area contributed by atoms with Crippen molar-refractivity contribution in [2.75, 3.05) is 19.6 Å². The van der Waals surface area contributed by atoms with Crippen LogP contribution in [0, 0.1) is 6.92 Å². The maximum absolute atomic E-state index is 12.0. The zero-order valence-corrected chi connectivity index (χ0v) is 17.5. The van der Waals surface area contributed by atoms with E-state index in [0.29, 0.717) is 24.4 Å². The normalized spacial score (nSPS) is 17.5.